The smallest absolute Gasteiger partial charge is 0.242 e. The zero-order chi connectivity index (χ0) is 108. The minimum absolute atomic E-state index is 0.0692. The van der Waals surface area contributed by atoms with Crippen LogP contribution in [-0.4, -0.2) is 169 Å². The number of aromatic amines is 1. The molecule has 1 fully saturated rings. The lowest BCUT2D eigenvalue weighted by molar-refractivity contribution is 0.520. The molecule has 15 rings (SSSR count). The molecule has 0 spiro atoms. The van der Waals surface area contributed by atoms with Crippen molar-refractivity contribution in [3.8, 4) is 67.5 Å². The second-order valence-electron chi connectivity index (χ2n) is 43.0. The summed E-state index contributed by atoms with van der Waals surface area (Å²) in [5.74, 6) is 0. The Morgan fingerprint density at radius 3 is 0.883 bits per heavy atom. The first-order valence-corrected chi connectivity index (χ1v) is 56.7. The molecule has 1 aliphatic rings. The highest BCUT2D eigenvalue weighted by Crippen LogP contribution is 2.37. The van der Waals surface area contributed by atoms with E-state index in [9.17, 15) is 50.5 Å². The normalized spacial score (nSPS) is 13.0. The van der Waals surface area contributed by atoms with Gasteiger partial charge in [-0.3, -0.25) is 29.9 Å². The maximum Gasteiger partial charge on any atom is 0.242 e. The second kappa shape index (κ2) is 45.5. The first-order valence-electron chi connectivity index (χ1n) is 47.0. The number of hydrogen-bond acceptors (Lipinski definition) is 26. The lowest BCUT2D eigenvalue weighted by Crippen LogP contribution is -2.25. The van der Waals surface area contributed by atoms with Crippen molar-refractivity contribution >= 4 is 70.9 Å². The maximum absolute atomic E-state index is 12.4. The van der Waals surface area contributed by atoms with E-state index < -0.39 is 59.8 Å². The fourth-order valence-corrected chi connectivity index (χ4v) is 20.1. The quantitative estimate of drug-likeness (QED) is 0.0698. The first-order chi connectivity index (χ1) is 66.7. The number of rotatable bonds is 16. The van der Waals surface area contributed by atoms with Crippen molar-refractivity contribution < 1.29 is 50.5 Å². The van der Waals surface area contributed by atoms with Crippen molar-refractivity contribution in [3.05, 3.63) is 275 Å². The van der Waals surface area contributed by atoms with E-state index in [1.165, 1.54) is 55.7 Å². The molecule has 6 aromatic carbocycles. The SMILES string of the molecule is CC(C)(C)c1ccnc2nc[nH]c12.CNS(=O)(=O)c1cccc(-c2cnc(C)c(C(C)(C)C)n2)c1.Cc1ncc(-c2ccc(S(C)(=O)=O)cc2)nc1C(C)(C)C.Cc1ncc(-c2cccc(S(=O)(=O)N(C)C)c2)nc1C(C)(C)C.Cc1ncc(-c2cccc(S(=O)(=O)NC3CC3)c2)nc1C(C)(C)C.Cc1ncc(-c2cccc(S(C)(=O)=O)c2)nc1C(C)(C)C.Cc1ncc(-c2cccc(S(N)(=O)=O)c2)nc1C(C)(C)C. The number of H-pyrrole nitrogens is 1. The Bertz CT molecular complexity index is 7630. The monoisotopic (exact) mass is 2090 g/mol. The standard InChI is InChI=1S/C18H23N3O2S.C17H23N3O2S.C16H21N3O2S.2C16H20N2O2S.C15H19N3O2S.C10H13N3/c1-12-17(18(2,3)4)20-16(11-19-12)13-6-5-7-15(10-13)24(22,23)21-14-8-9-14;1-12-16(17(2,3)4)19-15(11-18-12)13-8-7-9-14(10-13)23(21,22)20(5)6;1-11-15(16(2,3)4)19-14(10-18-11)12-7-6-8-13(9-12)22(20,21)17-5;1-11-15(16(2,3)4)18-14(10-17-11)12-6-8-13(9-7-12)21(5,19)20;1-11-15(16(2,3)4)18-14(10-17-11)12-7-6-8-13(9-12)21(5,19)20;1-10-14(15(2,3)4)18-13(9-17-10)11-6-5-7-12(8-11)21(16,19)20;1-10(2,3)7-4-5-11-9-8(7)12-6-13-9/h5-7,10-11,14,21H,8-9H2,1-4H3;7-11H,1-6H3;6-10,17H,1-5H3;2*6-10H,1-5H3;5-9H,1-4H3,(H2,16,19,20);4-6H,1-3H3,(H,11,12,13). The molecule has 0 saturated heterocycles. The van der Waals surface area contributed by atoms with Crippen LogP contribution in [0.25, 0.3) is 78.7 Å². The van der Waals surface area contributed by atoms with Crippen molar-refractivity contribution in [2.45, 2.75) is 273 Å². The molecule has 0 aliphatic heterocycles. The third-order valence-electron chi connectivity index (χ3n) is 22.7. The van der Waals surface area contributed by atoms with Gasteiger partial charge in [-0.05, 0) is 151 Å². The highest BCUT2D eigenvalue weighted by atomic mass is 32.2. The van der Waals surface area contributed by atoms with Crippen LogP contribution in [0.3, 0.4) is 0 Å². The van der Waals surface area contributed by atoms with Gasteiger partial charge in [0.25, 0.3) is 0 Å². The van der Waals surface area contributed by atoms with E-state index in [0.717, 1.165) is 126 Å². The molecular formula is C108H139N19O12S6. The van der Waals surface area contributed by atoms with Gasteiger partial charge < -0.3 is 4.98 Å². The van der Waals surface area contributed by atoms with Crippen LogP contribution in [0, 0.1) is 41.5 Å². The molecule has 0 atom stereocenters. The van der Waals surface area contributed by atoms with Crippen LogP contribution >= 0.6 is 0 Å². The Balaban J connectivity index is 0.000000189. The number of benzene rings is 6. The van der Waals surface area contributed by atoms with Crippen molar-refractivity contribution in [1.29, 1.82) is 0 Å². The zero-order valence-electron chi connectivity index (χ0n) is 89.2. The van der Waals surface area contributed by atoms with E-state index in [1.54, 1.807) is 153 Å². The molecule has 1 saturated carbocycles. The molecule has 0 radical (unpaired) electrons. The third-order valence-corrected chi connectivity index (χ3v) is 30.6. The molecule has 5 N–H and O–H groups in total. The van der Waals surface area contributed by atoms with Gasteiger partial charge in [0.1, 0.15) is 0 Å². The van der Waals surface area contributed by atoms with Crippen LogP contribution in [0.15, 0.2) is 231 Å². The van der Waals surface area contributed by atoms with Gasteiger partial charge in [-0.25, -0.2) is 109 Å². The first kappa shape index (κ1) is 117. The largest absolute Gasteiger partial charge is 0.343 e. The molecule has 0 bridgehead atoms. The predicted molar refractivity (Wildman–Crippen MR) is 576 cm³/mol. The van der Waals surface area contributed by atoms with Gasteiger partial charge in [0, 0.05) is 105 Å². The Morgan fingerprint density at radius 2 is 0.600 bits per heavy atom. The summed E-state index contributed by atoms with van der Waals surface area (Å²) in [7, 11) is -16.1. The average molecular weight is 2090 g/mol. The lowest BCUT2D eigenvalue weighted by Gasteiger charge is -2.20. The summed E-state index contributed by atoms with van der Waals surface area (Å²) < 4.78 is 149. The molecule has 774 valence electrons. The van der Waals surface area contributed by atoms with Crippen molar-refractivity contribution in [3.63, 3.8) is 0 Å². The molecule has 14 aromatic rings. The minimum Gasteiger partial charge on any atom is -0.343 e. The van der Waals surface area contributed by atoms with Gasteiger partial charge >= 0.3 is 0 Å². The van der Waals surface area contributed by atoms with E-state index >= 15 is 0 Å². The lowest BCUT2D eigenvalue weighted by atomic mass is 9.87. The molecule has 8 aromatic heterocycles. The summed E-state index contributed by atoms with van der Waals surface area (Å²) in [4.78, 5) is 67.4. The highest BCUT2D eigenvalue weighted by molar-refractivity contribution is 7.91. The van der Waals surface area contributed by atoms with E-state index in [-0.39, 0.29) is 63.5 Å². The van der Waals surface area contributed by atoms with E-state index in [1.807, 2.05) is 78.1 Å². The number of primary sulfonamides is 1. The van der Waals surface area contributed by atoms with Gasteiger partial charge in [-0.15, -0.1) is 0 Å². The van der Waals surface area contributed by atoms with E-state index in [2.05, 4.69) is 215 Å². The van der Waals surface area contributed by atoms with E-state index in [0.29, 0.717) is 43.8 Å². The minimum atomic E-state index is -3.73. The Labute approximate surface area is 858 Å². The molecule has 8 heterocycles. The topological polar surface area (TPSA) is 454 Å². The molecular weight excluding hydrogens is 1950 g/mol. The van der Waals surface area contributed by atoms with E-state index in [4.69, 9.17) is 20.1 Å². The van der Waals surface area contributed by atoms with Gasteiger partial charge in [-0.1, -0.05) is 218 Å². The number of aryl methyl sites for hydroxylation is 6. The maximum atomic E-state index is 12.4. The number of nitrogens with two attached hydrogens (primary N) is 1. The number of hydrogen-bond donors (Lipinski definition) is 4. The number of pyridine rings is 1. The van der Waals surface area contributed by atoms with Gasteiger partial charge in [0.05, 0.1) is 181 Å². The zero-order valence-corrected chi connectivity index (χ0v) is 94.1. The molecule has 37 heteroatoms. The molecule has 1 aliphatic carbocycles. The van der Waals surface area contributed by atoms with Gasteiger partial charge in [0.15, 0.2) is 25.3 Å². The number of nitrogens with one attached hydrogen (secondary N) is 3. The summed E-state index contributed by atoms with van der Waals surface area (Å²) in [5.41, 5.74) is 22.0. The third kappa shape index (κ3) is 31.7. The van der Waals surface area contributed by atoms with Crippen molar-refractivity contribution in [2.24, 2.45) is 5.14 Å². The van der Waals surface area contributed by atoms with Crippen molar-refractivity contribution in [2.75, 3.05) is 33.7 Å². The molecule has 145 heavy (non-hydrogen) atoms. The van der Waals surface area contributed by atoms with Crippen LogP contribution in [-0.2, 0) is 97.7 Å². The van der Waals surface area contributed by atoms with Crippen molar-refractivity contribution in [1.82, 2.24) is 88.5 Å². The number of aromatic nitrogens is 15. The number of fused-ring (bicyclic) bond motifs is 1. The van der Waals surface area contributed by atoms with Crippen LogP contribution in [0.1, 0.15) is 232 Å². The summed E-state index contributed by atoms with van der Waals surface area (Å²) in [6.07, 6.45) is 17.8. The number of sulfonamides is 4. The average Bonchev–Trinajstić information content (AvgIpc) is 1.51. The van der Waals surface area contributed by atoms with Gasteiger partial charge in [0.2, 0.25) is 40.1 Å². The Morgan fingerprint density at radius 1 is 0.324 bits per heavy atom. The van der Waals surface area contributed by atoms with Crippen LogP contribution < -0.4 is 14.6 Å². The fraction of sp³-hybridized carbons (Fsp3) is 0.389. The fourth-order valence-electron chi connectivity index (χ4n) is 15.1. The summed E-state index contributed by atoms with van der Waals surface area (Å²) in [5, 5.41) is 5.16. The summed E-state index contributed by atoms with van der Waals surface area (Å²) in [6.45, 7) is 55.7. The number of nitrogens with zero attached hydrogens (tertiary/aromatic N) is 15. The van der Waals surface area contributed by atoms with Crippen LogP contribution in [0.5, 0.6) is 0 Å². The number of sulfone groups is 2. The Hall–Kier alpha value is -12.0. The van der Waals surface area contributed by atoms with Crippen LogP contribution in [0.2, 0.25) is 0 Å². The summed E-state index contributed by atoms with van der Waals surface area (Å²) >= 11 is 0. The molecule has 0 amide bonds. The summed E-state index contributed by atoms with van der Waals surface area (Å²) in [6, 6.07) is 42.5. The van der Waals surface area contributed by atoms with Gasteiger partial charge in [-0.2, -0.15) is 0 Å². The number of imidazole rings is 1. The Kier molecular flexibility index (Phi) is 36.6. The predicted octanol–water partition coefficient (Wildman–Crippen LogP) is 19.8. The second-order valence-corrected chi connectivity index (χ2v) is 54.3. The molecule has 0 unspecified atom stereocenters. The van der Waals surface area contributed by atoms with Crippen LogP contribution in [0.4, 0.5) is 0 Å². The highest BCUT2D eigenvalue weighted by Gasteiger charge is 2.32. The molecule has 31 nitrogen and oxygen atoms in total.